The van der Waals surface area contributed by atoms with E-state index in [4.69, 9.17) is 4.42 Å². The van der Waals surface area contributed by atoms with Gasteiger partial charge in [0.25, 0.3) is 0 Å². The highest BCUT2D eigenvalue weighted by atomic mass is 16.3. The predicted molar refractivity (Wildman–Crippen MR) is 63.5 cm³/mol. The number of hydrogen-bond donors (Lipinski definition) is 1. The average Bonchev–Trinajstić information content (AvgIpc) is 2.82. The van der Waals surface area contributed by atoms with Gasteiger partial charge in [-0.3, -0.25) is 0 Å². The van der Waals surface area contributed by atoms with Gasteiger partial charge in [0.05, 0.1) is 5.92 Å². The van der Waals surface area contributed by atoms with Crippen LogP contribution in [0.5, 0.6) is 0 Å². The number of aromatic nitrogens is 1. The van der Waals surface area contributed by atoms with Crippen molar-refractivity contribution in [3.05, 3.63) is 29.7 Å². The van der Waals surface area contributed by atoms with Crippen LogP contribution in [0.15, 0.2) is 22.6 Å². The van der Waals surface area contributed by atoms with Crippen molar-refractivity contribution in [3.8, 4) is 0 Å². The quantitative estimate of drug-likeness (QED) is 0.795. The van der Waals surface area contributed by atoms with E-state index in [2.05, 4.69) is 36.3 Å². The van der Waals surface area contributed by atoms with Crippen LogP contribution < -0.4 is 5.32 Å². The molecule has 2 aromatic rings. The van der Waals surface area contributed by atoms with Gasteiger partial charge in [0.1, 0.15) is 5.52 Å². The summed E-state index contributed by atoms with van der Waals surface area (Å²) in [7, 11) is 0. The SMILES string of the molecule is Cc1ccc2oc(C3CNCC3C)nc2c1. The lowest BCUT2D eigenvalue weighted by molar-refractivity contribution is 0.435. The summed E-state index contributed by atoms with van der Waals surface area (Å²) in [6.07, 6.45) is 0. The minimum Gasteiger partial charge on any atom is -0.440 e. The molecule has 2 heterocycles. The molecule has 2 atom stereocenters. The lowest BCUT2D eigenvalue weighted by Crippen LogP contribution is -2.08. The molecule has 16 heavy (non-hydrogen) atoms. The summed E-state index contributed by atoms with van der Waals surface area (Å²) in [5, 5.41) is 3.38. The Morgan fingerprint density at radius 3 is 3.00 bits per heavy atom. The number of rotatable bonds is 1. The van der Waals surface area contributed by atoms with E-state index in [9.17, 15) is 0 Å². The molecule has 2 unspecified atom stereocenters. The molecule has 0 bridgehead atoms. The molecular formula is C13H16N2O. The van der Waals surface area contributed by atoms with Gasteiger partial charge in [-0.15, -0.1) is 0 Å². The highest BCUT2D eigenvalue weighted by Crippen LogP contribution is 2.29. The van der Waals surface area contributed by atoms with Gasteiger partial charge in [-0.2, -0.15) is 0 Å². The maximum absolute atomic E-state index is 5.83. The number of aryl methyl sites for hydroxylation is 1. The summed E-state index contributed by atoms with van der Waals surface area (Å²) < 4.78 is 5.83. The molecular weight excluding hydrogens is 200 g/mol. The number of oxazole rings is 1. The van der Waals surface area contributed by atoms with E-state index in [1.54, 1.807) is 0 Å². The fraction of sp³-hybridized carbons (Fsp3) is 0.462. The van der Waals surface area contributed by atoms with Crippen LogP contribution in [0.3, 0.4) is 0 Å². The van der Waals surface area contributed by atoms with Crippen molar-refractivity contribution in [3.63, 3.8) is 0 Å². The second-order valence-corrected chi connectivity index (χ2v) is 4.77. The van der Waals surface area contributed by atoms with Crippen LogP contribution in [0, 0.1) is 12.8 Å². The standard InChI is InChI=1S/C13H16N2O/c1-8-3-4-12-11(5-8)15-13(16-12)10-7-14-6-9(10)2/h3-5,9-10,14H,6-7H2,1-2H3. The summed E-state index contributed by atoms with van der Waals surface area (Å²) in [5.74, 6) is 1.92. The fourth-order valence-electron chi connectivity index (χ4n) is 2.35. The third-order valence-corrected chi connectivity index (χ3v) is 3.39. The van der Waals surface area contributed by atoms with Crippen LogP contribution >= 0.6 is 0 Å². The summed E-state index contributed by atoms with van der Waals surface area (Å²) in [5.41, 5.74) is 3.11. The molecule has 1 saturated heterocycles. The lowest BCUT2D eigenvalue weighted by Gasteiger charge is -2.08. The van der Waals surface area contributed by atoms with Crippen LogP contribution in [0.2, 0.25) is 0 Å². The van der Waals surface area contributed by atoms with Crippen molar-refractivity contribution in [1.82, 2.24) is 10.3 Å². The van der Waals surface area contributed by atoms with Gasteiger partial charge in [0.2, 0.25) is 0 Å². The van der Waals surface area contributed by atoms with Crippen molar-refractivity contribution >= 4 is 11.1 Å². The summed E-state index contributed by atoms with van der Waals surface area (Å²) >= 11 is 0. The molecule has 1 aliphatic heterocycles. The van der Waals surface area contributed by atoms with Gasteiger partial charge >= 0.3 is 0 Å². The highest BCUT2D eigenvalue weighted by Gasteiger charge is 2.28. The highest BCUT2D eigenvalue weighted by molar-refractivity contribution is 5.73. The van der Waals surface area contributed by atoms with Crippen molar-refractivity contribution in [1.29, 1.82) is 0 Å². The number of hydrogen-bond acceptors (Lipinski definition) is 3. The smallest absolute Gasteiger partial charge is 0.200 e. The molecule has 1 aliphatic rings. The van der Waals surface area contributed by atoms with E-state index in [-0.39, 0.29) is 0 Å². The fourth-order valence-corrected chi connectivity index (χ4v) is 2.35. The maximum Gasteiger partial charge on any atom is 0.200 e. The van der Waals surface area contributed by atoms with Crippen molar-refractivity contribution in [2.24, 2.45) is 5.92 Å². The normalized spacial score (nSPS) is 25.4. The summed E-state index contributed by atoms with van der Waals surface area (Å²) in [6, 6.07) is 6.15. The zero-order chi connectivity index (χ0) is 11.1. The first-order valence-electron chi connectivity index (χ1n) is 5.82. The molecule has 3 rings (SSSR count). The largest absolute Gasteiger partial charge is 0.440 e. The Labute approximate surface area is 94.9 Å². The summed E-state index contributed by atoms with van der Waals surface area (Å²) in [6.45, 7) is 6.35. The minimum absolute atomic E-state index is 0.424. The molecule has 1 N–H and O–H groups in total. The summed E-state index contributed by atoms with van der Waals surface area (Å²) in [4.78, 5) is 4.60. The average molecular weight is 216 g/mol. The molecule has 0 spiro atoms. The van der Waals surface area contributed by atoms with Gasteiger partial charge in [0, 0.05) is 6.54 Å². The Morgan fingerprint density at radius 1 is 1.38 bits per heavy atom. The Kier molecular flexibility index (Phi) is 2.21. The molecule has 1 aromatic heterocycles. The minimum atomic E-state index is 0.424. The van der Waals surface area contributed by atoms with E-state index in [0.717, 1.165) is 30.1 Å². The first-order valence-corrected chi connectivity index (χ1v) is 5.82. The second kappa shape index (κ2) is 3.59. The third kappa shape index (κ3) is 1.52. The van der Waals surface area contributed by atoms with Gasteiger partial charge in [-0.1, -0.05) is 13.0 Å². The first kappa shape index (κ1) is 9.85. The van der Waals surface area contributed by atoms with Crippen LogP contribution in [-0.2, 0) is 0 Å². The third-order valence-electron chi connectivity index (χ3n) is 3.39. The molecule has 3 nitrogen and oxygen atoms in total. The number of nitrogens with one attached hydrogen (secondary N) is 1. The second-order valence-electron chi connectivity index (χ2n) is 4.77. The molecule has 84 valence electrons. The van der Waals surface area contributed by atoms with Gasteiger partial charge in [0.15, 0.2) is 11.5 Å². The Morgan fingerprint density at radius 2 is 2.25 bits per heavy atom. The van der Waals surface area contributed by atoms with Crippen LogP contribution in [-0.4, -0.2) is 18.1 Å². The number of benzene rings is 1. The Bertz CT molecular complexity index is 518. The van der Waals surface area contributed by atoms with Crippen LogP contribution in [0.1, 0.15) is 24.3 Å². The van der Waals surface area contributed by atoms with Crippen LogP contribution in [0.4, 0.5) is 0 Å². The van der Waals surface area contributed by atoms with E-state index < -0.39 is 0 Å². The van der Waals surface area contributed by atoms with E-state index in [0.29, 0.717) is 11.8 Å². The van der Waals surface area contributed by atoms with E-state index >= 15 is 0 Å². The maximum atomic E-state index is 5.83. The Balaban J connectivity index is 2.04. The van der Waals surface area contributed by atoms with E-state index in [1.165, 1.54) is 5.56 Å². The van der Waals surface area contributed by atoms with Gasteiger partial charge in [-0.25, -0.2) is 4.98 Å². The van der Waals surface area contributed by atoms with Gasteiger partial charge in [-0.05, 0) is 37.1 Å². The molecule has 3 heteroatoms. The zero-order valence-corrected chi connectivity index (χ0v) is 9.66. The zero-order valence-electron chi connectivity index (χ0n) is 9.66. The molecule has 1 fully saturated rings. The predicted octanol–water partition coefficient (Wildman–Crippen LogP) is 2.46. The van der Waals surface area contributed by atoms with Gasteiger partial charge < -0.3 is 9.73 Å². The topological polar surface area (TPSA) is 38.1 Å². The monoisotopic (exact) mass is 216 g/mol. The van der Waals surface area contributed by atoms with Crippen molar-refractivity contribution in [2.45, 2.75) is 19.8 Å². The van der Waals surface area contributed by atoms with Crippen LogP contribution in [0.25, 0.3) is 11.1 Å². The number of nitrogens with zero attached hydrogens (tertiary/aromatic N) is 1. The van der Waals surface area contributed by atoms with Crippen molar-refractivity contribution in [2.75, 3.05) is 13.1 Å². The Hall–Kier alpha value is -1.35. The lowest BCUT2D eigenvalue weighted by atomic mass is 9.98. The van der Waals surface area contributed by atoms with Crippen molar-refractivity contribution < 1.29 is 4.42 Å². The first-order chi connectivity index (χ1) is 7.74. The van der Waals surface area contributed by atoms with E-state index in [1.807, 2.05) is 6.07 Å². The molecule has 0 saturated carbocycles. The molecule has 0 radical (unpaired) electrons. The molecule has 0 aliphatic carbocycles. The molecule has 1 aromatic carbocycles. The number of fused-ring (bicyclic) bond motifs is 1. The molecule has 0 amide bonds.